The number of carbonyl (C=O) groups excluding carboxylic acids is 1. The van der Waals surface area contributed by atoms with E-state index in [4.69, 9.17) is 4.74 Å². The van der Waals surface area contributed by atoms with E-state index in [-0.39, 0.29) is 18.1 Å². The van der Waals surface area contributed by atoms with E-state index in [1.54, 1.807) is 13.3 Å². The number of carbonyl (C=O) groups is 1. The Hall–Kier alpha value is -1.98. The molecule has 2 heterocycles. The van der Waals surface area contributed by atoms with Crippen molar-refractivity contribution in [2.24, 2.45) is 0 Å². The average Bonchev–Trinajstić information content (AvgIpc) is 3.01. The van der Waals surface area contributed by atoms with Gasteiger partial charge in [-0.1, -0.05) is 24.3 Å². The number of benzene rings is 1. The highest BCUT2D eigenvalue weighted by Gasteiger charge is 2.29. The van der Waals surface area contributed by atoms with Crippen molar-refractivity contribution in [2.75, 3.05) is 13.7 Å². The van der Waals surface area contributed by atoms with Crippen LogP contribution >= 0.6 is 0 Å². The maximum Gasteiger partial charge on any atom is 0.237 e. The summed E-state index contributed by atoms with van der Waals surface area (Å²) in [5.74, 6) is 0.0162. The van der Waals surface area contributed by atoms with Crippen LogP contribution in [-0.2, 0) is 16.1 Å². The van der Waals surface area contributed by atoms with Gasteiger partial charge < -0.3 is 15.4 Å². The van der Waals surface area contributed by atoms with E-state index in [0.717, 1.165) is 29.4 Å². The molecule has 0 saturated carbocycles. The van der Waals surface area contributed by atoms with Gasteiger partial charge in [0.1, 0.15) is 0 Å². The van der Waals surface area contributed by atoms with Gasteiger partial charge in [0.05, 0.1) is 17.7 Å². The fourth-order valence-corrected chi connectivity index (χ4v) is 2.70. The summed E-state index contributed by atoms with van der Waals surface area (Å²) in [6.07, 6.45) is 2.62. The van der Waals surface area contributed by atoms with Crippen LogP contribution in [0.25, 0.3) is 10.9 Å². The Kier molecular flexibility index (Phi) is 4.13. The van der Waals surface area contributed by atoms with E-state index in [0.29, 0.717) is 6.54 Å². The highest BCUT2D eigenvalue weighted by molar-refractivity contribution is 5.84. The van der Waals surface area contributed by atoms with Crippen molar-refractivity contribution in [2.45, 2.75) is 25.1 Å². The van der Waals surface area contributed by atoms with Crippen molar-refractivity contribution in [1.29, 1.82) is 0 Å². The third-order valence-corrected chi connectivity index (χ3v) is 3.91. The molecule has 1 aliphatic heterocycles. The van der Waals surface area contributed by atoms with Gasteiger partial charge >= 0.3 is 0 Å². The Labute approximate surface area is 123 Å². The molecule has 0 radical (unpaired) electrons. The number of rotatable bonds is 4. The van der Waals surface area contributed by atoms with E-state index < -0.39 is 0 Å². The Morgan fingerprint density at radius 1 is 1.43 bits per heavy atom. The number of fused-ring (bicyclic) bond motifs is 1. The summed E-state index contributed by atoms with van der Waals surface area (Å²) in [4.78, 5) is 16.6. The van der Waals surface area contributed by atoms with Crippen molar-refractivity contribution >= 4 is 16.8 Å². The molecule has 1 aliphatic rings. The largest absolute Gasteiger partial charge is 0.380 e. The van der Waals surface area contributed by atoms with Crippen LogP contribution in [0.2, 0.25) is 0 Å². The number of amides is 1. The Morgan fingerprint density at radius 3 is 3.10 bits per heavy atom. The molecule has 0 spiro atoms. The first-order chi connectivity index (χ1) is 10.3. The monoisotopic (exact) mass is 285 g/mol. The highest BCUT2D eigenvalue weighted by Crippen LogP contribution is 2.16. The summed E-state index contributed by atoms with van der Waals surface area (Å²) in [7, 11) is 1.68. The number of nitrogens with one attached hydrogen (secondary N) is 2. The maximum absolute atomic E-state index is 12.2. The van der Waals surface area contributed by atoms with E-state index in [1.165, 1.54) is 0 Å². The second-order valence-corrected chi connectivity index (χ2v) is 5.26. The van der Waals surface area contributed by atoms with Gasteiger partial charge in [-0.25, -0.2) is 0 Å². The van der Waals surface area contributed by atoms with Crippen LogP contribution < -0.4 is 10.6 Å². The summed E-state index contributed by atoms with van der Waals surface area (Å²) in [5, 5.41) is 7.24. The maximum atomic E-state index is 12.2. The van der Waals surface area contributed by atoms with Crippen LogP contribution in [0.1, 0.15) is 12.0 Å². The molecular formula is C16H19N3O2. The minimum atomic E-state index is -0.169. The number of methoxy groups -OCH3 is 1. The van der Waals surface area contributed by atoms with Crippen LogP contribution in [0.5, 0.6) is 0 Å². The van der Waals surface area contributed by atoms with Gasteiger partial charge in [0.2, 0.25) is 5.91 Å². The number of nitrogens with zero attached hydrogens (tertiary/aromatic N) is 1. The molecule has 2 unspecified atom stereocenters. The molecule has 2 N–H and O–H groups in total. The lowest BCUT2D eigenvalue weighted by Gasteiger charge is -2.12. The molecule has 2 atom stereocenters. The predicted octanol–water partition coefficient (Wildman–Crippen LogP) is 1.23. The first kappa shape index (κ1) is 14.0. The van der Waals surface area contributed by atoms with Gasteiger partial charge in [0, 0.05) is 31.8 Å². The number of hydrogen-bond acceptors (Lipinski definition) is 4. The van der Waals surface area contributed by atoms with Crippen LogP contribution in [0.3, 0.4) is 0 Å². The first-order valence-electron chi connectivity index (χ1n) is 7.14. The summed E-state index contributed by atoms with van der Waals surface area (Å²) < 4.78 is 5.26. The molecular weight excluding hydrogens is 266 g/mol. The molecule has 110 valence electrons. The minimum absolute atomic E-state index is 0.0162. The van der Waals surface area contributed by atoms with Crippen molar-refractivity contribution in [3.05, 3.63) is 42.1 Å². The molecule has 5 heteroatoms. The fourth-order valence-electron chi connectivity index (χ4n) is 2.70. The third kappa shape index (κ3) is 3.04. The van der Waals surface area contributed by atoms with Crippen LogP contribution in [0.15, 0.2) is 36.5 Å². The molecule has 1 aromatic heterocycles. The molecule has 1 amide bonds. The molecule has 0 bridgehead atoms. The molecule has 1 saturated heterocycles. The number of aromatic nitrogens is 1. The summed E-state index contributed by atoms with van der Waals surface area (Å²) in [6, 6.07) is 9.77. The lowest BCUT2D eigenvalue weighted by Crippen LogP contribution is -2.40. The smallest absolute Gasteiger partial charge is 0.237 e. The normalized spacial score (nSPS) is 21.6. The van der Waals surface area contributed by atoms with Gasteiger partial charge in [0.15, 0.2) is 0 Å². The lowest BCUT2D eigenvalue weighted by molar-refractivity contribution is -0.123. The lowest BCUT2D eigenvalue weighted by atomic mass is 10.1. The molecule has 1 aromatic carbocycles. The molecule has 0 aliphatic carbocycles. The molecule has 1 fully saturated rings. The molecule has 3 rings (SSSR count). The van der Waals surface area contributed by atoms with Gasteiger partial charge in [-0.05, 0) is 18.1 Å². The zero-order valence-corrected chi connectivity index (χ0v) is 12.0. The zero-order valence-electron chi connectivity index (χ0n) is 12.0. The molecule has 2 aromatic rings. The summed E-state index contributed by atoms with van der Waals surface area (Å²) >= 11 is 0. The van der Waals surface area contributed by atoms with Crippen molar-refractivity contribution in [3.63, 3.8) is 0 Å². The van der Waals surface area contributed by atoms with Gasteiger partial charge in [-0.15, -0.1) is 0 Å². The van der Waals surface area contributed by atoms with Crippen molar-refractivity contribution < 1.29 is 9.53 Å². The minimum Gasteiger partial charge on any atom is -0.380 e. The molecule has 5 nitrogen and oxygen atoms in total. The third-order valence-electron chi connectivity index (χ3n) is 3.91. The Balaban J connectivity index is 1.65. The molecule has 21 heavy (non-hydrogen) atoms. The number of para-hydroxylation sites is 1. The number of hydrogen-bond donors (Lipinski definition) is 2. The SMILES string of the molecule is COC1CNC(C(=O)NCc2cccc3cccnc23)C1. The second kappa shape index (κ2) is 6.20. The van der Waals surface area contributed by atoms with Crippen molar-refractivity contribution in [3.8, 4) is 0 Å². The van der Waals surface area contributed by atoms with Crippen molar-refractivity contribution in [1.82, 2.24) is 15.6 Å². The topological polar surface area (TPSA) is 63.2 Å². The van der Waals surface area contributed by atoms with E-state index in [1.807, 2.05) is 30.3 Å². The predicted molar refractivity (Wildman–Crippen MR) is 80.8 cm³/mol. The number of ether oxygens (including phenoxy) is 1. The Morgan fingerprint density at radius 2 is 2.29 bits per heavy atom. The van der Waals surface area contributed by atoms with E-state index >= 15 is 0 Å². The van der Waals surface area contributed by atoms with Crippen LogP contribution in [0, 0.1) is 0 Å². The fraction of sp³-hybridized carbons (Fsp3) is 0.375. The summed E-state index contributed by atoms with van der Waals surface area (Å²) in [6.45, 7) is 1.22. The van der Waals surface area contributed by atoms with Gasteiger partial charge in [0.25, 0.3) is 0 Å². The van der Waals surface area contributed by atoms with Crippen LogP contribution in [0.4, 0.5) is 0 Å². The van der Waals surface area contributed by atoms with Crippen LogP contribution in [-0.4, -0.2) is 36.7 Å². The van der Waals surface area contributed by atoms with E-state index in [2.05, 4.69) is 15.6 Å². The zero-order chi connectivity index (χ0) is 14.7. The second-order valence-electron chi connectivity index (χ2n) is 5.26. The standard InChI is InChI=1S/C16H19N3O2/c1-21-13-8-14(18-10-13)16(20)19-9-12-5-2-4-11-6-3-7-17-15(11)12/h2-7,13-14,18H,8-10H2,1H3,(H,19,20). The average molecular weight is 285 g/mol. The quantitative estimate of drug-likeness (QED) is 0.887. The van der Waals surface area contributed by atoms with Gasteiger partial charge in [-0.3, -0.25) is 9.78 Å². The summed E-state index contributed by atoms with van der Waals surface area (Å²) in [5.41, 5.74) is 1.97. The highest BCUT2D eigenvalue weighted by atomic mass is 16.5. The number of pyridine rings is 1. The van der Waals surface area contributed by atoms with E-state index in [9.17, 15) is 4.79 Å². The van der Waals surface area contributed by atoms with Gasteiger partial charge in [-0.2, -0.15) is 0 Å². The Bertz CT molecular complexity index is 639. The first-order valence-corrected chi connectivity index (χ1v) is 7.14.